The molecule has 2 heterocycles. The van der Waals surface area contributed by atoms with Crippen molar-refractivity contribution in [1.82, 2.24) is 15.0 Å². The van der Waals surface area contributed by atoms with Gasteiger partial charge >= 0.3 is 0 Å². The predicted molar refractivity (Wildman–Crippen MR) is 205 cm³/mol. The molecule has 4 heteroatoms. The van der Waals surface area contributed by atoms with Gasteiger partial charge in [0.2, 0.25) is 0 Å². The zero-order valence-electron chi connectivity index (χ0n) is 27.5. The van der Waals surface area contributed by atoms with Crippen molar-refractivity contribution in [2.24, 2.45) is 0 Å². The third-order valence-corrected chi connectivity index (χ3v) is 10.7. The van der Waals surface area contributed by atoms with Crippen molar-refractivity contribution in [1.29, 1.82) is 0 Å². The first-order valence-corrected chi connectivity index (χ1v) is 17.4. The van der Waals surface area contributed by atoms with Gasteiger partial charge in [-0.15, -0.1) is 0 Å². The summed E-state index contributed by atoms with van der Waals surface area (Å²) in [5, 5.41) is 4.58. The van der Waals surface area contributed by atoms with Crippen LogP contribution in [-0.4, -0.2) is 15.0 Å². The van der Waals surface area contributed by atoms with Gasteiger partial charge in [0.05, 0.1) is 5.92 Å². The smallest absolute Gasteiger partial charge is 0.164 e. The molecule has 0 saturated carbocycles. The van der Waals surface area contributed by atoms with Gasteiger partial charge in [-0.1, -0.05) is 140 Å². The van der Waals surface area contributed by atoms with Crippen molar-refractivity contribution in [3.05, 3.63) is 186 Å². The lowest BCUT2D eigenvalue weighted by molar-refractivity contribution is 0.417. The molecule has 0 amide bonds. The Kier molecular flexibility index (Phi) is 6.05. The van der Waals surface area contributed by atoms with E-state index in [0.29, 0.717) is 17.5 Å². The summed E-state index contributed by atoms with van der Waals surface area (Å²) >= 11 is 0. The van der Waals surface area contributed by atoms with E-state index >= 15 is 0 Å². The summed E-state index contributed by atoms with van der Waals surface area (Å²) in [5.41, 5.74) is 10.3. The number of fused-ring (bicyclic) bond motifs is 5. The van der Waals surface area contributed by atoms with E-state index < -0.39 is 0 Å². The summed E-state index contributed by atoms with van der Waals surface area (Å²) in [6, 6.07) is 53.3. The second-order valence-electron chi connectivity index (χ2n) is 13.6. The van der Waals surface area contributed by atoms with Gasteiger partial charge in [0.1, 0.15) is 11.5 Å². The average Bonchev–Trinajstić information content (AvgIpc) is 3.59. The van der Waals surface area contributed by atoms with Crippen LogP contribution in [0.4, 0.5) is 0 Å². The van der Waals surface area contributed by atoms with E-state index in [9.17, 15) is 0 Å². The monoisotopic (exact) mass is 651 g/mol. The number of rotatable bonds is 4. The van der Waals surface area contributed by atoms with Crippen LogP contribution in [0.15, 0.2) is 170 Å². The Morgan fingerprint density at radius 2 is 1.14 bits per heavy atom. The van der Waals surface area contributed by atoms with Crippen LogP contribution in [0.2, 0.25) is 0 Å². The number of allylic oxidation sites excluding steroid dienone is 4. The Balaban J connectivity index is 1.07. The number of ether oxygens (including phenoxy) is 1. The molecule has 0 saturated heterocycles. The highest BCUT2D eigenvalue weighted by atomic mass is 16.5. The standard InChI is InChI=1S/C47H29N3O/c1-2-12-30-24-33(23-22-28(30)10-1)46-48-45(49-47(50-46)39-20-8-13-29-11-3-4-16-35(29)39)32-15-7-14-31(25-32)34-26-40-37-18-6-5-17-36(37)38-19-9-21-41-43(38)44(40)42(27-34)51-41/h1-27,40,44H/t40-,44?/m1/s1. The van der Waals surface area contributed by atoms with Gasteiger partial charge in [0.25, 0.3) is 0 Å². The predicted octanol–water partition coefficient (Wildman–Crippen LogP) is 11.4. The molecular weight excluding hydrogens is 623 g/mol. The molecule has 3 aliphatic rings. The topological polar surface area (TPSA) is 47.9 Å². The minimum atomic E-state index is 0.186. The van der Waals surface area contributed by atoms with Crippen LogP contribution in [0.5, 0.6) is 5.75 Å². The molecule has 2 aliphatic carbocycles. The van der Waals surface area contributed by atoms with Crippen LogP contribution in [0.1, 0.15) is 28.5 Å². The molecule has 1 unspecified atom stereocenters. The Labute approximate surface area is 295 Å². The van der Waals surface area contributed by atoms with E-state index in [2.05, 4.69) is 164 Å². The van der Waals surface area contributed by atoms with Crippen LogP contribution in [0.25, 0.3) is 72.4 Å². The lowest BCUT2D eigenvalue weighted by Gasteiger charge is -2.33. The van der Waals surface area contributed by atoms with Crippen molar-refractivity contribution < 1.29 is 4.74 Å². The highest BCUT2D eigenvalue weighted by Crippen LogP contribution is 2.59. The van der Waals surface area contributed by atoms with E-state index in [1.165, 1.54) is 27.6 Å². The number of benzene rings is 7. The van der Waals surface area contributed by atoms with E-state index in [-0.39, 0.29) is 11.8 Å². The van der Waals surface area contributed by atoms with Crippen molar-refractivity contribution in [2.45, 2.75) is 11.8 Å². The summed E-state index contributed by atoms with van der Waals surface area (Å²) in [4.78, 5) is 15.4. The highest BCUT2D eigenvalue weighted by Gasteiger charge is 2.44. The van der Waals surface area contributed by atoms with Gasteiger partial charge in [-0.2, -0.15) is 0 Å². The molecule has 0 fully saturated rings. The van der Waals surface area contributed by atoms with E-state index in [4.69, 9.17) is 19.7 Å². The minimum absolute atomic E-state index is 0.186. The molecular formula is C47H29N3O. The summed E-state index contributed by atoms with van der Waals surface area (Å²) < 4.78 is 6.58. The van der Waals surface area contributed by atoms with Crippen molar-refractivity contribution >= 4 is 27.1 Å². The third-order valence-electron chi connectivity index (χ3n) is 10.7. The molecule has 0 N–H and O–H groups in total. The Bertz CT molecular complexity index is 2810. The first-order valence-electron chi connectivity index (χ1n) is 17.4. The maximum Gasteiger partial charge on any atom is 0.164 e. The SMILES string of the molecule is C1=C(c2cccc(-c3nc(-c4ccc5ccccc5c4)nc(-c4cccc5ccccc45)n3)c2)C=C2Oc3cccc4c3C2[C@H]1c1ccccc1-4. The summed E-state index contributed by atoms with van der Waals surface area (Å²) in [6.45, 7) is 0. The Hall–Kier alpha value is -6.65. The zero-order valence-corrected chi connectivity index (χ0v) is 27.5. The second kappa shape index (κ2) is 10.9. The first kappa shape index (κ1) is 28.2. The number of aromatic nitrogens is 3. The zero-order chi connectivity index (χ0) is 33.5. The molecule has 1 aliphatic heterocycles. The Morgan fingerprint density at radius 1 is 0.471 bits per heavy atom. The van der Waals surface area contributed by atoms with E-state index in [1.54, 1.807) is 0 Å². The van der Waals surface area contributed by atoms with Gasteiger partial charge in [-0.05, 0) is 73.6 Å². The molecule has 7 aromatic carbocycles. The summed E-state index contributed by atoms with van der Waals surface area (Å²) in [7, 11) is 0. The van der Waals surface area contributed by atoms with Crippen molar-refractivity contribution in [3.63, 3.8) is 0 Å². The van der Waals surface area contributed by atoms with Crippen molar-refractivity contribution in [2.75, 3.05) is 0 Å². The second-order valence-corrected chi connectivity index (χ2v) is 13.6. The number of nitrogens with zero attached hydrogens (tertiary/aromatic N) is 3. The fourth-order valence-corrected chi connectivity index (χ4v) is 8.31. The first-order chi connectivity index (χ1) is 25.2. The normalized spacial score (nSPS) is 16.6. The largest absolute Gasteiger partial charge is 0.461 e. The molecule has 0 radical (unpaired) electrons. The van der Waals surface area contributed by atoms with Crippen LogP contribution >= 0.6 is 0 Å². The molecule has 1 aromatic heterocycles. The van der Waals surface area contributed by atoms with E-state index in [0.717, 1.165) is 55.5 Å². The van der Waals surface area contributed by atoms with Crippen molar-refractivity contribution in [3.8, 4) is 51.0 Å². The molecule has 238 valence electrons. The molecule has 0 spiro atoms. The lowest BCUT2D eigenvalue weighted by Crippen LogP contribution is -2.18. The fourth-order valence-electron chi connectivity index (χ4n) is 8.31. The summed E-state index contributed by atoms with van der Waals surface area (Å²) in [5.74, 6) is 4.29. The number of hydrogen-bond acceptors (Lipinski definition) is 4. The molecule has 8 aromatic rings. The lowest BCUT2D eigenvalue weighted by atomic mass is 9.68. The van der Waals surface area contributed by atoms with Crippen LogP contribution in [0.3, 0.4) is 0 Å². The summed E-state index contributed by atoms with van der Waals surface area (Å²) in [6.07, 6.45) is 4.66. The van der Waals surface area contributed by atoms with Crippen LogP contribution in [-0.2, 0) is 0 Å². The van der Waals surface area contributed by atoms with E-state index in [1.807, 2.05) is 0 Å². The fraction of sp³-hybridized carbons (Fsp3) is 0.0426. The van der Waals surface area contributed by atoms with Gasteiger partial charge < -0.3 is 4.74 Å². The van der Waals surface area contributed by atoms with Crippen LogP contribution < -0.4 is 4.74 Å². The van der Waals surface area contributed by atoms with Gasteiger partial charge in [0, 0.05) is 28.2 Å². The molecule has 0 bridgehead atoms. The average molecular weight is 652 g/mol. The molecule has 4 nitrogen and oxygen atoms in total. The maximum atomic E-state index is 6.58. The van der Waals surface area contributed by atoms with Crippen LogP contribution in [0, 0.1) is 0 Å². The molecule has 11 rings (SSSR count). The van der Waals surface area contributed by atoms with Gasteiger partial charge in [-0.3, -0.25) is 0 Å². The van der Waals surface area contributed by atoms with Gasteiger partial charge in [-0.25, -0.2) is 15.0 Å². The maximum absolute atomic E-state index is 6.58. The highest BCUT2D eigenvalue weighted by molar-refractivity contribution is 5.96. The molecule has 51 heavy (non-hydrogen) atoms. The minimum Gasteiger partial charge on any atom is -0.461 e. The Morgan fingerprint density at radius 3 is 2.06 bits per heavy atom. The van der Waals surface area contributed by atoms with Gasteiger partial charge in [0.15, 0.2) is 17.5 Å². The third kappa shape index (κ3) is 4.43. The quantitative estimate of drug-likeness (QED) is 0.190. The number of hydrogen-bond donors (Lipinski definition) is 0. The molecule has 2 atom stereocenters.